The summed E-state index contributed by atoms with van der Waals surface area (Å²) in [5.74, 6) is -1.13. The first-order valence-electron chi connectivity index (χ1n) is 7.37. The summed E-state index contributed by atoms with van der Waals surface area (Å²) in [5.41, 5.74) is -1.30. The van der Waals surface area contributed by atoms with Crippen molar-refractivity contribution in [1.29, 1.82) is 0 Å². The number of ether oxygens (including phenoxy) is 1. The molecule has 5 nitrogen and oxygen atoms in total. The minimum Gasteiger partial charge on any atom is -0.459 e. The quantitative estimate of drug-likeness (QED) is 0.650. The van der Waals surface area contributed by atoms with Gasteiger partial charge in [0.15, 0.2) is 0 Å². The lowest BCUT2D eigenvalue weighted by Gasteiger charge is -2.36. The zero-order chi connectivity index (χ0) is 15.1. The highest BCUT2D eigenvalue weighted by atomic mass is 16.6. The largest absolute Gasteiger partial charge is 0.459 e. The van der Waals surface area contributed by atoms with Crippen LogP contribution in [0.2, 0.25) is 0 Å². The molecule has 0 aromatic carbocycles. The van der Waals surface area contributed by atoms with E-state index in [0.29, 0.717) is 19.3 Å². The number of aliphatic hydroxyl groups excluding tert-OH is 1. The number of rotatable bonds is 0. The van der Waals surface area contributed by atoms with Gasteiger partial charge in [-0.3, -0.25) is 9.59 Å². The van der Waals surface area contributed by atoms with Crippen molar-refractivity contribution in [3.8, 4) is 0 Å². The van der Waals surface area contributed by atoms with Crippen molar-refractivity contribution >= 4 is 11.8 Å². The van der Waals surface area contributed by atoms with Crippen LogP contribution < -0.4 is 0 Å². The predicted molar refractivity (Wildman–Crippen MR) is 71.8 cm³/mol. The van der Waals surface area contributed by atoms with Crippen molar-refractivity contribution in [3.63, 3.8) is 0 Å². The van der Waals surface area contributed by atoms with Gasteiger partial charge in [-0.15, -0.1) is 0 Å². The molecule has 1 saturated heterocycles. The normalized spacial score (nSPS) is 46.8. The fourth-order valence-electron chi connectivity index (χ4n) is 3.24. The lowest BCUT2D eigenvalue weighted by molar-refractivity contribution is -0.161. The highest BCUT2D eigenvalue weighted by Crippen LogP contribution is 2.38. The number of carbonyl (C=O) groups excluding carboxylic acids is 2. The van der Waals surface area contributed by atoms with Crippen LogP contribution in [0, 0.1) is 17.8 Å². The Morgan fingerprint density at radius 2 is 1.95 bits per heavy atom. The first-order chi connectivity index (χ1) is 9.24. The maximum absolute atomic E-state index is 12.2. The molecule has 0 radical (unpaired) electrons. The number of hydrogen-bond donors (Lipinski definition) is 2. The zero-order valence-electron chi connectivity index (χ0n) is 12.3. The molecule has 0 aromatic heterocycles. The summed E-state index contributed by atoms with van der Waals surface area (Å²) in [6, 6.07) is 0. The zero-order valence-corrected chi connectivity index (χ0v) is 12.3. The minimum absolute atomic E-state index is 0.0791. The highest BCUT2D eigenvalue weighted by molar-refractivity contribution is 5.83. The number of fused-ring (bicyclic) bond motifs is 1. The molecule has 0 bridgehead atoms. The molecule has 0 aromatic rings. The third-order valence-corrected chi connectivity index (χ3v) is 4.94. The molecule has 20 heavy (non-hydrogen) atoms. The molecule has 2 fully saturated rings. The summed E-state index contributed by atoms with van der Waals surface area (Å²) >= 11 is 0. The number of Topliss-reactive ketones (excluding diaryl/α,β-unsaturated/α-hetero) is 1. The van der Waals surface area contributed by atoms with Crippen molar-refractivity contribution in [2.45, 2.75) is 64.3 Å². The molecular weight excluding hydrogens is 260 g/mol. The van der Waals surface area contributed by atoms with E-state index in [1.54, 1.807) is 13.8 Å². The standard InChI is InChI=1S/C15H24O5/c1-8-5-4-6-15(3,19)13(17)12-10(7-11(8)16)9(2)14(18)20-12/h8-10,12-13,17,19H,4-7H2,1-3H3/t8-,9+,10+,12+,13-,15-/m1/s1. The SMILES string of the molecule is C[C@@H]1CCC[C@@](C)(O)[C@H](O)[C@H]2OC(=O)[C@@H](C)[C@@H]2CC1=O. The van der Waals surface area contributed by atoms with E-state index in [2.05, 4.69) is 0 Å². The van der Waals surface area contributed by atoms with Crippen LogP contribution in [-0.2, 0) is 14.3 Å². The molecule has 1 saturated carbocycles. The lowest BCUT2D eigenvalue weighted by atomic mass is 9.76. The molecule has 2 aliphatic rings. The molecule has 1 aliphatic carbocycles. The van der Waals surface area contributed by atoms with Crippen LogP contribution in [0.25, 0.3) is 0 Å². The number of carbonyl (C=O) groups is 2. The minimum atomic E-state index is -1.30. The van der Waals surface area contributed by atoms with E-state index in [-0.39, 0.29) is 24.0 Å². The molecule has 1 heterocycles. The van der Waals surface area contributed by atoms with Gasteiger partial charge in [-0.25, -0.2) is 0 Å². The summed E-state index contributed by atoms with van der Waals surface area (Å²) in [5, 5.41) is 20.8. The van der Waals surface area contributed by atoms with E-state index in [4.69, 9.17) is 4.74 Å². The van der Waals surface area contributed by atoms with Crippen molar-refractivity contribution in [2.24, 2.45) is 17.8 Å². The summed E-state index contributed by atoms with van der Waals surface area (Å²) in [7, 11) is 0. The first-order valence-corrected chi connectivity index (χ1v) is 7.37. The van der Waals surface area contributed by atoms with Crippen molar-refractivity contribution in [3.05, 3.63) is 0 Å². The maximum atomic E-state index is 12.2. The van der Waals surface area contributed by atoms with Gasteiger partial charge in [0, 0.05) is 18.3 Å². The van der Waals surface area contributed by atoms with Crippen molar-refractivity contribution in [2.75, 3.05) is 0 Å². The average Bonchev–Trinajstić information content (AvgIpc) is 2.64. The first kappa shape index (κ1) is 15.4. The van der Waals surface area contributed by atoms with Crippen LogP contribution >= 0.6 is 0 Å². The Labute approximate surface area is 119 Å². The number of aliphatic hydroxyl groups is 2. The van der Waals surface area contributed by atoms with E-state index < -0.39 is 29.7 Å². The molecule has 114 valence electrons. The van der Waals surface area contributed by atoms with Gasteiger partial charge in [0.1, 0.15) is 18.0 Å². The highest BCUT2D eigenvalue weighted by Gasteiger charge is 2.51. The van der Waals surface area contributed by atoms with Gasteiger partial charge < -0.3 is 14.9 Å². The number of hydrogen-bond acceptors (Lipinski definition) is 5. The van der Waals surface area contributed by atoms with Crippen LogP contribution in [0.1, 0.15) is 46.5 Å². The molecule has 1 aliphatic heterocycles. The molecule has 5 heteroatoms. The monoisotopic (exact) mass is 284 g/mol. The average molecular weight is 284 g/mol. The van der Waals surface area contributed by atoms with E-state index >= 15 is 0 Å². The van der Waals surface area contributed by atoms with E-state index in [9.17, 15) is 19.8 Å². The third-order valence-electron chi connectivity index (χ3n) is 4.94. The van der Waals surface area contributed by atoms with Crippen LogP contribution in [0.5, 0.6) is 0 Å². The Balaban J connectivity index is 2.30. The molecule has 2 rings (SSSR count). The van der Waals surface area contributed by atoms with E-state index in [0.717, 1.165) is 0 Å². The predicted octanol–water partition coefficient (Wildman–Crippen LogP) is 1.06. The molecule has 0 amide bonds. The van der Waals surface area contributed by atoms with Gasteiger partial charge in [0.05, 0.1) is 11.5 Å². The molecule has 0 unspecified atom stereocenters. The summed E-state index contributed by atoms with van der Waals surface area (Å²) in [6.07, 6.45) is 0.0387. The van der Waals surface area contributed by atoms with Gasteiger partial charge in [0.2, 0.25) is 0 Å². The van der Waals surface area contributed by atoms with Crippen molar-refractivity contribution < 1.29 is 24.5 Å². The topological polar surface area (TPSA) is 83.8 Å². The van der Waals surface area contributed by atoms with Crippen LogP contribution in [0.15, 0.2) is 0 Å². The van der Waals surface area contributed by atoms with Gasteiger partial charge in [-0.1, -0.05) is 13.8 Å². The third kappa shape index (κ3) is 2.74. The fourth-order valence-corrected chi connectivity index (χ4v) is 3.24. The van der Waals surface area contributed by atoms with Crippen LogP contribution in [0.4, 0.5) is 0 Å². The molecule has 2 N–H and O–H groups in total. The summed E-state index contributed by atoms with van der Waals surface area (Å²) < 4.78 is 5.24. The maximum Gasteiger partial charge on any atom is 0.309 e. The summed E-state index contributed by atoms with van der Waals surface area (Å²) in [6.45, 7) is 5.17. The Morgan fingerprint density at radius 1 is 1.30 bits per heavy atom. The second-order valence-corrected chi connectivity index (χ2v) is 6.62. The van der Waals surface area contributed by atoms with Crippen LogP contribution in [-0.4, -0.2) is 39.8 Å². The smallest absolute Gasteiger partial charge is 0.309 e. The fraction of sp³-hybridized carbons (Fsp3) is 0.867. The van der Waals surface area contributed by atoms with Gasteiger partial charge >= 0.3 is 5.97 Å². The number of esters is 1. The lowest BCUT2D eigenvalue weighted by Crippen LogP contribution is -2.50. The molecule has 0 spiro atoms. The second kappa shape index (κ2) is 5.45. The van der Waals surface area contributed by atoms with Crippen LogP contribution in [0.3, 0.4) is 0 Å². The Morgan fingerprint density at radius 3 is 2.60 bits per heavy atom. The Bertz CT molecular complexity index is 403. The second-order valence-electron chi connectivity index (χ2n) is 6.62. The van der Waals surface area contributed by atoms with Gasteiger partial charge in [-0.2, -0.15) is 0 Å². The van der Waals surface area contributed by atoms with E-state index in [1.807, 2.05) is 6.92 Å². The summed E-state index contributed by atoms with van der Waals surface area (Å²) in [4.78, 5) is 23.9. The van der Waals surface area contributed by atoms with Gasteiger partial charge in [0.25, 0.3) is 0 Å². The van der Waals surface area contributed by atoms with E-state index in [1.165, 1.54) is 0 Å². The Kier molecular flexibility index (Phi) is 4.21. The van der Waals surface area contributed by atoms with Gasteiger partial charge in [-0.05, 0) is 26.2 Å². The van der Waals surface area contributed by atoms with Crippen molar-refractivity contribution in [1.82, 2.24) is 0 Å². The molecule has 6 atom stereocenters. The molecular formula is C15H24O5. The Hall–Kier alpha value is -0.940. The number of ketones is 1.